The molecular formula is C14H27N3O. The minimum atomic E-state index is 0.277. The first-order valence-electron chi connectivity index (χ1n) is 7.54. The van der Waals surface area contributed by atoms with E-state index in [0.717, 1.165) is 19.6 Å². The molecule has 1 saturated carbocycles. The number of likely N-dealkylation sites (tertiary alicyclic amines) is 1. The van der Waals surface area contributed by atoms with Crippen LogP contribution in [0, 0.1) is 0 Å². The number of hydrogen-bond acceptors (Lipinski definition) is 3. The molecule has 0 spiro atoms. The Bertz CT molecular complexity index is 260. The fraction of sp³-hybridized carbons (Fsp3) is 0.929. The molecule has 1 saturated heterocycles. The van der Waals surface area contributed by atoms with Crippen molar-refractivity contribution in [1.82, 2.24) is 15.1 Å². The number of nitrogens with zero attached hydrogens (tertiary/aromatic N) is 2. The van der Waals surface area contributed by atoms with Gasteiger partial charge in [0.1, 0.15) is 0 Å². The van der Waals surface area contributed by atoms with E-state index < -0.39 is 0 Å². The minimum Gasteiger partial charge on any atom is -0.339 e. The van der Waals surface area contributed by atoms with Gasteiger partial charge in [0.05, 0.1) is 6.54 Å². The maximum absolute atomic E-state index is 12.0. The van der Waals surface area contributed by atoms with E-state index in [2.05, 4.69) is 17.1 Å². The second-order valence-electron chi connectivity index (χ2n) is 5.49. The second kappa shape index (κ2) is 7.10. The lowest BCUT2D eigenvalue weighted by molar-refractivity contribution is -0.130. The molecule has 1 aliphatic carbocycles. The topological polar surface area (TPSA) is 35.6 Å². The van der Waals surface area contributed by atoms with Gasteiger partial charge in [-0.1, -0.05) is 6.42 Å². The van der Waals surface area contributed by atoms with Crippen molar-refractivity contribution >= 4 is 5.91 Å². The van der Waals surface area contributed by atoms with Crippen LogP contribution in [-0.4, -0.2) is 61.0 Å². The van der Waals surface area contributed by atoms with Gasteiger partial charge in [-0.25, -0.2) is 0 Å². The van der Waals surface area contributed by atoms with Gasteiger partial charge in [0.25, 0.3) is 0 Å². The lowest BCUT2D eigenvalue weighted by Crippen LogP contribution is -2.42. The molecule has 0 aromatic carbocycles. The van der Waals surface area contributed by atoms with Crippen LogP contribution in [0.4, 0.5) is 0 Å². The highest BCUT2D eigenvalue weighted by Crippen LogP contribution is 2.26. The fourth-order valence-electron chi connectivity index (χ4n) is 2.74. The van der Waals surface area contributed by atoms with E-state index in [4.69, 9.17) is 0 Å². The van der Waals surface area contributed by atoms with Gasteiger partial charge < -0.3 is 15.1 Å². The first kappa shape index (κ1) is 13.8. The normalized spacial score (nSPS) is 20.9. The number of hydrogen-bond donors (Lipinski definition) is 1. The van der Waals surface area contributed by atoms with Gasteiger partial charge in [-0.15, -0.1) is 0 Å². The van der Waals surface area contributed by atoms with Crippen molar-refractivity contribution in [3.8, 4) is 0 Å². The summed E-state index contributed by atoms with van der Waals surface area (Å²) in [5.74, 6) is 0.277. The summed E-state index contributed by atoms with van der Waals surface area (Å²) in [5.41, 5.74) is 0. The Labute approximate surface area is 111 Å². The fourth-order valence-corrected chi connectivity index (χ4v) is 2.74. The molecule has 0 unspecified atom stereocenters. The number of carbonyl (C=O) groups is 1. The molecule has 0 aromatic heterocycles. The molecule has 1 amide bonds. The van der Waals surface area contributed by atoms with Gasteiger partial charge >= 0.3 is 0 Å². The maximum atomic E-state index is 12.0. The average molecular weight is 253 g/mol. The van der Waals surface area contributed by atoms with Crippen LogP contribution in [0.25, 0.3) is 0 Å². The summed E-state index contributed by atoms with van der Waals surface area (Å²) in [4.78, 5) is 16.5. The number of carbonyl (C=O) groups excluding carboxylic acids is 1. The SMILES string of the molecule is CCN(C(=O)CNCCN1CCCCC1)C1CC1. The molecule has 0 aromatic rings. The molecule has 104 valence electrons. The van der Waals surface area contributed by atoms with Crippen LogP contribution in [0.5, 0.6) is 0 Å². The van der Waals surface area contributed by atoms with Gasteiger partial charge in [0.15, 0.2) is 0 Å². The number of nitrogens with one attached hydrogen (secondary N) is 1. The Kier molecular flexibility index (Phi) is 5.45. The Morgan fingerprint density at radius 2 is 2.00 bits per heavy atom. The zero-order chi connectivity index (χ0) is 12.8. The van der Waals surface area contributed by atoms with E-state index in [1.54, 1.807) is 0 Å². The molecule has 1 N–H and O–H groups in total. The number of rotatable bonds is 7. The van der Waals surface area contributed by atoms with E-state index in [1.165, 1.54) is 45.2 Å². The summed E-state index contributed by atoms with van der Waals surface area (Å²) in [6.45, 7) is 7.94. The summed E-state index contributed by atoms with van der Waals surface area (Å²) in [5, 5.41) is 3.30. The largest absolute Gasteiger partial charge is 0.339 e. The third kappa shape index (κ3) is 4.25. The molecule has 2 fully saturated rings. The molecular weight excluding hydrogens is 226 g/mol. The first-order valence-corrected chi connectivity index (χ1v) is 7.54. The van der Waals surface area contributed by atoms with Crippen molar-refractivity contribution in [3.05, 3.63) is 0 Å². The second-order valence-corrected chi connectivity index (χ2v) is 5.49. The predicted octanol–water partition coefficient (Wildman–Crippen LogP) is 1.07. The van der Waals surface area contributed by atoms with Crippen LogP contribution in [0.2, 0.25) is 0 Å². The highest BCUT2D eigenvalue weighted by molar-refractivity contribution is 5.78. The summed E-state index contributed by atoms with van der Waals surface area (Å²) in [7, 11) is 0. The third-order valence-corrected chi connectivity index (χ3v) is 3.98. The number of likely N-dealkylation sites (N-methyl/N-ethyl adjacent to an activating group) is 1. The van der Waals surface area contributed by atoms with E-state index in [1.807, 2.05) is 4.90 Å². The monoisotopic (exact) mass is 253 g/mol. The molecule has 0 atom stereocenters. The van der Waals surface area contributed by atoms with Crippen LogP contribution in [-0.2, 0) is 4.79 Å². The maximum Gasteiger partial charge on any atom is 0.236 e. The van der Waals surface area contributed by atoms with Crippen molar-refractivity contribution < 1.29 is 4.79 Å². The molecule has 1 aliphatic heterocycles. The molecule has 1 heterocycles. The first-order chi connectivity index (χ1) is 8.81. The molecule has 2 rings (SSSR count). The lowest BCUT2D eigenvalue weighted by Gasteiger charge is -2.26. The lowest BCUT2D eigenvalue weighted by atomic mass is 10.1. The van der Waals surface area contributed by atoms with E-state index in [0.29, 0.717) is 12.6 Å². The van der Waals surface area contributed by atoms with E-state index in [-0.39, 0.29) is 5.91 Å². The molecule has 0 radical (unpaired) electrons. The van der Waals surface area contributed by atoms with Gasteiger partial charge in [-0.05, 0) is 45.7 Å². The van der Waals surface area contributed by atoms with Gasteiger partial charge in [0.2, 0.25) is 5.91 Å². The van der Waals surface area contributed by atoms with Crippen LogP contribution in [0.1, 0.15) is 39.0 Å². The Hall–Kier alpha value is -0.610. The van der Waals surface area contributed by atoms with Crippen molar-refractivity contribution in [3.63, 3.8) is 0 Å². The Balaban J connectivity index is 1.55. The van der Waals surface area contributed by atoms with Crippen molar-refractivity contribution in [1.29, 1.82) is 0 Å². The molecule has 2 aliphatic rings. The van der Waals surface area contributed by atoms with Crippen LogP contribution in [0.3, 0.4) is 0 Å². The molecule has 4 heteroatoms. The van der Waals surface area contributed by atoms with E-state index >= 15 is 0 Å². The molecule has 4 nitrogen and oxygen atoms in total. The minimum absolute atomic E-state index is 0.277. The van der Waals surface area contributed by atoms with Gasteiger partial charge in [0, 0.05) is 25.7 Å². The quantitative estimate of drug-likeness (QED) is 0.690. The summed E-state index contributed by atoms with van der Waals surface area (Å²) >= 11 is 0. The molecule has 18 heavy (non-hydrogen) atoms. The number of amides is 1. The van der Waals surface area contributed by atoms with Gasteiger partial charge in [-0.3, -0.25) is 4.79 Å². The Morgan fingerprint density at radius 1 is 1.28 bits per heavy atom. The van der Waals surface area contributed by atoms with Crippen LogP contribution < -0.4 is 5.32 Å². The highest BCUT2D eigenvalue weighted by Gasteiger charge is 2.30. The van der Waals surface area contributed by atoms with Gasteiger partial charge in [-0.2, -0.15) is 0 Å². The van der Waals surface area contributed by atoms with E-state index in [9.17, 15) is 4.79 Å². The number of piperidine rings is 1. The van der Waals surface area contributed by atoms with Crippen LogP contribution in [0.15, 0.2) is 0 Å². The van der Waals surface area contributed by atoms with Crippen molar-refractivity contribution in [2.24, 2.45) is 0 Å². The molecule has 0 bridgehead atoms. The highest BCUT2D eigenvalue weighted by atomic mass is 16.2. The Morgan fingerprint density at radius 3 is 2.61 bits per heavy atom. The van der Waals surface area contributed by atoms with Crippen molar-refractivity contribution in [2.45, 2.75) is 45.1 Å². The summed E-state index contributed by atoms with van der Waals surface area (Å²) in [6, 6.07) is 0.548. The van der Waals surface area contributed by atoms with Crippen molar-refractivity contribution in [2.75, 3.05) is 39.3 Å². The third-order valence-electron chi connectivity index (χ3n) is 3.98. The average Bonchev–Trinajstić information content (AvgIpc) is 3.21. The standard InChI is InChI=1S/C14H27N3O/c1-2-17(13-6-7-13)14(18)12-15-8-11-16-9-4-3-5-10-16/h13,15H,2-12H2,1H3. The van der Waals surface area contributed by atoms with Crippen LogP contribution >= 0.6 is 0 Å². The zero-order valence-corrected chi connectivity index (χ0v) is 11.7. The predicted molar refractivity (Wildman–Crippen MR) is 73.6 cm³/mol. The zero-order valence-electron chi connectivity index (χ0n) is 11.7. The summed E-state index contributed by atoms with van der Waals surface area (Å²) in [6.07, 6.45) is 6.46. The smallest absolute Gasteiger partial charge is 0.236 e. The summed E-state index contributed by atoms with van der Waals surface area (Å²) < 4.78 is 0.